The predicted octanol–water partition coefficient (Wildman–Crippen LogP) is 6.68. The van der Waals surface area contributed by atoms with Gasteiger partial charge in [0, 0.05) is 60.6 Å². The third-order valence-electron chi connectivity index (χ3n) is 7.87. The summed E-state index contributed by atoms with van der Waals surface area (Å²) < 4.78 is 0. The molecule has 42 heavy (non-hydrogen) atoms. The van der Waals surface area contributed by atoms with E-state index in [1.165, 1.54) is 16.6 Å². The lowest BCUT2D eigenvalue weighted by Gasteiger charge is -2.34. The number of hydrogen-bond donors (Lipinski definition) is 3. The number of benzene rings is 2. The molecule has 0 unspecified atom stereocenters. The number of likely N-dealkylation sites (N-methyl/N-ethyl adjacent to an activating group) is 1. The highest BCUT2D eigenvalue weighted by molar-refractivity contribution is 5.99. The quantitative estimate of drug-likeness (QED) is 0.177. The molecule has 7 nitrogen and oxygen atoms in total. The molecular formula is C35H37N7. The second-order valence-electron chi connectivity index (χ2n) is 10.8. The molecular weight excluding hydrogens is 518 g/mol. The molecule has 3 N–H and O–H groups in total. The van der Waals surface area contributed by atoms with Crippen LogP contribution in [0.25, 0.3) is 38.9 Å². The van der Waals surface area contributed by atoms with Crippen molar-refractivity contribution in [1.82, 2.24) is 30.4 Å². The van der Waals surface area contributed by atoms with E-state index in [0.29, 0.717) is 0 Å². The molecule has 0 atom stereocenters. The van der Waals surface area contributed by atoms with Crippen LogP contribution in [0.3, 0.4) is 0 Å². The Morgan fingerprint density at radius 2 is 1.81 bits per heavy atom. The number of fused-ring (bicyclic) bond motifs is 2. The Bertz CT molecular complexity index is 1800. The van der Waals surface area contributed by atoms with E-state index in [0.717, 1.165) is 83.2 Å². The van der Waals surface area contributed by atoms with Gasteiger partial charge in [0.25, 0.3) is 0 Å². The Morgan fingerprint density at radius 1 is 1.00 bits per heavy atom. The first kappa shape index (κ1) is 27.3. The van der Waals surface area contributed by atoms with Crippen LogP contribution in [-0.2, 0) is 6.42 Å². The molecule has 0 amide bonds. The number of aromatic amines is 2. The number of allylic oxidation sites excluding steroid dienone is 5. The standard InChI is InChI=1S/C35H37N7/c1-5-26(22-27(6-2)36-24(3)21-25-11-8-7-9-12-25)29-15-16-31-34(38-29)35(40-39-31)32-23-28-30(37-32)13-10-14-33(28)42-19-17-41(4)18-20-42/h5-16,22-23,36-37H,2-3,17-21H2,1,4H3,(H,39,40)/b26-5+,27-22+. The highest BCUT2D eigenvalue weighted by Gasteiger charge is 2.19. The van der Waals surface area contributed by atoms with Gasteiger partial charge in [-0.25, -0.2) is 4.98 Å². The van der Waals surface area contributed by atoms with Crippen molar-refractivity contribution in [3.8, 4) is 11.4 Å². The number of pyridine rings is 1. The van der Waals surface area contributed by atoms with Gasteiger partial charge in [-0.3, -0.25) is 5.10 Å². The van der Waals surface area contributed by atoms with Crippen LogP contribution in [0.2, 0.25) is 0 Å². The Kier molecular flexibility index (Phi) is 7.75. The van der Waals surface area contributed by atoms with Crippen LogP contribution in [0, 0.1) is 0 Å². The summed E-state index contributed by atoms with van der Waals surface area (Å²) in [5.41, 5.74) is 10.7. The van der Waals surface area contributed by atoms with Gasteiger partial charge in [0.2, 0.25) is 0 Å². The molecule has 5 aromatic rings. The maximum absolute atomic E-state index is 5.08. The van der Waals surface area contributed by atoms with Crippen LogP contribution in [0.1, 0.15) is 18.2 Å². The molecule has 1 aliphatic heterocycles. The predicted molar refractivity (Wildman–Crippen MR) is 175 cm³/mol. The lowest BCUT2D eigenvalue weighted by atomic mass is 10.1. The van der Waals surface area contributed by atoms with Gasteiger partial charge in [-0.05, 0) is 67.6 Å². The summed E-state index contributed by atoms with van der Waals surface area (Å²) in [7, 11) is 2.18. The summed E-state index contributed by atoms with van der Waals surface area (Å²) in [6.07, 6.45) is 6.66. The van der Waals surface area contributed by atoms with Gasteiger partial charge in [0.1, 0.15) is 11.2 Å². The van der Waals surface area contributed by atoms with Crippen molar-refractivity contribution in [2.24, 2.45) is 0 Å². The maximum atomic E-state index is 5.08. The fraction of sp³-hybridized carbons (Fsp3) is 0.200. The van der Waals surface area contributed by atoms with Crippen LogP contribution < -0.4 is 10.2 Å². The molecule has 0 aliphatic carbocycles. The molecule has 0 radical (unpaired) electrons. The fourth-order valence-corrected chi connectivity index (χ4v) is 5.55. The second-order valence-corrected chi connectivity index (χ2v) is 10.8. The molecule has 4 heterocycles. The SMILES string of the molecule is C=C/C(=C\C(=C/C)c1ccc2[nH]nc(-c3cc4c(N5CCN(C)CC5)cccc4[nH]3)c2n1)NC(=C)Cc1ccccc1. The summed E-state index contributed by atoms with van der Waals surface area (Å²) in [6.45, 7) is 14.4. The van der Waals surface area contributed by atoms with Gasteiger partial charge >= 0.3 is 0 Å². The number of rotatable bonds is 9. The van der Waals surface area contributed by atoms with Crippen LogP contribution in [0.15, 0.2) is 110 Å². The molecule has 3 aromatic heterocycles. The summed E-state index contributed by atoms with van der Waals surface area (Å²) in [4.78, 5) is 13.5. The molecule has 0 bridgehead atoms. The van der Waals surface area contributed by atoms with Gasteiger partial charge in [0.05, 0.1) is 16.9 Å². The number of nitrogens with zero attached hydrogens (tertiary/aromatic N) is 4. The van der Waals surface area contributed by atoms with Crippen LogP contribution >= 0.6 is 0 Å². The van der Waals surface area contributed by atoms with E-state index in [2.05, 4.69) is 99.1 Å². The van der Waals surface area contributed by atoms with Crippen molar-refractivity contribution in [3.05, 3.63) is 121 Å². The van der Waals surface area contributed by atoms with Crippen molar-refractivity contribution in [2.45, 2.75) is 13.3 Å². The molecule has 0 saturated carbocycles. The Balaban J connectivity index is 1.29. The minimum Gasteiger partial charge on any atom is -0.368 e. The molecule has 2 aromatic carbocycles. The summed E-state index contributed by atoms with van der Waals surface area (Å²) in [5, 5.41) is 12.5. The first-order chi connectivity index (χ1) is 20.5. The van der Waals surface area contributed by atoms with Crippen molar-refractivity contribution < 1.29 is 0 Å². The Morgan fingerprint density at radius 3 is 2.57 bits per heavy atom. The Hall–Kier alpha value is -4.88. The van der Waals surface area contributed by atoms with Crippen LogP contribution in [0.5, 0.6) is 0 Å². The third-order valence-corrected chi connectivity index (χ3v) is 7.87. The lowest BCUT2D eigenvalue weighted by Crippen LogP contribution is -2.44. The van der Waals surface area contributed by atoms with Gasteiger partial charge in [-0.15, -0.1) is 0 Å². The first-order valence-electron chi connectivity index (χ1n) is 14.4. The third kappa shape index (κ3) is 5.64. The highest BCUT2D eigenvalue weighted by Crippen LogP contribution is 2.34. The van der Waals surface area contributed by atoms with Gasteiger partial charge in [0.15, 0.2) is 0 Å². The largest absolute Gasteiger partial charge is 0.368 e. The van der Waals surface area contributed by atoms with Gasteiger partial charge in [-0.1, -0.05) is 55.6 Å². The van der Waals surface area contributed by atoms with E-state index in [1.54, 1.807) is 0 Å². The zero-order valence-corrected chi connectivity index (χ0v) is 24.3. The number of aromatic nitrogens is 4. The van der Waals surface area contributed by atoms with E-state index in [1.807, 2.05) is 43.3 Å². The molecule has 7 heteroatoms. The zero-order chi connectivity index (χ0) is 29.1. The number of anilines is 1. The van der Waals surface area contributed by atoms with Gasteiger partial charge < -0.3 is 20.1 Å². The van der Waals surface area contributed by atoms with E-state index in [4.69, 9.17) is 4.98 Å². The second kappa shape index (κ2) is 11.9. The number of hydrogen-bond acceptors (Lipinski definition) is 5. The van der Waals surface area contributed by atoms with Gasteiger partial charge in [-0.2, -0.15) is 5.10 Å². The van der Waals surface area contributed by atoms with E-state index in [9.17, 15) is 0 Å². The molecule has 212 valence electrons. The summed E-state index contributed by atoms with van der Waals surface area (Å²) in [6, 6.07) is 23.0. The van der Waals surface area contributed by atoms with E-state index >= 15 is 0 Å². The fourth-order valence-electron chi connectivity index (χ4n) is 5.55. The minimum atomic E-state index is 0.737. The number of nitrogens with one attached hydrogen (secondary N) is 3. The monoisotopic (exact) mass is 555 g/mol. The molecule has 0 spiro atoms. The number of piperazine rings is 1. The number of H-pyrrole nitrogens is 2. The highest BCUT2D eigenvalue weighted by atomic mass is 15.2. The van der Waals surface area contributed by atoms with E-state index in [-0.39, 0.29) is 0 Å². The van der Waals surface area contributed by atoms with Crippen molar-refractivity contribution in [2.75, 3.05) is 38.1 Å². The molecule has 1 aliphatic rings. The topological polar surface area (TPSA) is 75.9 Å². The lowest BCUT2D eigenvalue weighted by molar-refractivity contribution is 0.313. The molecule has 1 fully saturated rings. The molecule has 6 rings (SSSR count). The van der Waals surface area contributed by atoms with Crippen molar-refractivity contribution in [1.29, 1.82) is 0 Å². The van der Waals surface area contributed by atoms with Crippen LogP contribution in [-0.4, -0.2) is 58.3 Å². The van der Waals surface area contributed by atoms with Crippen LogP contribution in [0.4, 0.5) is 5.69 Å². The summed E-state index contributed by atoms with van der Waals surface area (Å²) in [5.74, 6) is 0. The van der Waals surface area contributed by atoms with Crippen molar-refractivity contribution >= 4 is 33.2 Å². The minimum absolute atomic E-state index is 0.737. The first-order valence-corrected chi connectivity index (χ1v) is 14.4. The van der Waals surface area contributed by atoms with Crippen molar-refractivity contribution in [3.63, 3.8) is 0 Å². The zero-order valence-electron chi connectivity index (χ0n) is 24.3. The summed E-state index contributed by atoms with van der Waals surface area (Å²) >= 11 is 0. The normalized spacial score (nSPS) is 15.0. The molecule has 1 saturated heterocycles. The smallest absolute Gasteiger partial charge is 0.135 e. The van der Waals surface area contributed by atoms with E-state index < -0.39 is 0 Å². The average molecular weight is 556 g/mol. The average Bonchev–Trinajstić information content (AvgIpc) is 3.64. The maximum Gasteiger partial charge on any atom is 0.135 e. The Labute approximate surface area is 247 Å².